The second kappa shape index (κ2) is 5.37. The maximum atomic E-state index is 12.0. The second-order valence-electron chi connectivity index (χ2n) is 3.44. The van der Waals surface area contributed by atoms with Crippen molar-refractivity contribution in [2.75, 3.05) is 11.5 Å². The molecule has 0 spiro atoms. The first-order chi connectivity index (χ1) is 7.27. The molecule has 1 aromatic rings. The molecule has 5 heteroatoms. The highest BCUT2D eigenvalue weighted by atomic mass is 32.2. The summed E-state index contributed by atoms with van der Waals surface area (Å²) < 4.78 is 0. The Bertz CT molecular complexity index is 325. The first kappa shape index (κ1) is 11.5. The van der Waals surface area contributed by atoms with Gasteiger partial charge in [-0.1, -0.05) is 6.92 Å². The van der Waals surface area contributed by atoms with Crippen LogP contribution in [0.5, 0.6) is 0 Å². The van der Waals surface area contributed by atoms with Crippen LogP contribution in [0.2, 0.25) is 0 Å². The lowest BCUT2D eigenvalue weighted by atomic mass is 10.2. The van der Waals surface area contributed by atoms with E-state index in [0.717, 1.165) is 10.8 Å². The maximum Gasteiger partial charge on any atom is 0.153 e. The van der Waals surface area contributed by atoms with Gasteiger partial charge >= 0.3 is 0 Å². The number of nitrogens with zero attached hydrogens (tertiary/aromatic N) is 1. The van der Waals surface area contributed by atoms with Gasteiger partial charge in [-0.2, -0.15) is 11.8 Å². The third kappa shape index (κ3) is 2.98. The van der Waals surface area contributed by atoms with Gasteiger partial charge in [-0.3, -0.25) is 4.79 Å². The number of hydrogen-bond donors (Lipinski definition) is 0. The van der Waals surface area contributed by atoms with Crippen molar-refractivity contribution >= 4 is 40.6 Å². The van der Waals surface area contributed by atoms with Crippen molar-refractivity contribution in [2.45, 2.75) is 23.8 Å². The van der Waals surface area contributed by atoms with Crippen molar-refractivity contribution in [2.24, 2.45) is 0 Å². The van der Waals surface area contributed by atoms with E-state index < -0.39 is 0 Å². The Morgan fingerprint density at radius 3 is 3.00 bits per heavy atom. The quantitative estimate of drug-likeness (QED) is 0.834. The van der Waals surface area contributed by atoms with Gasteiger partial charge in [-0.05, 0) is 0 Å². The number of Topliss-reactive ketones (excluding diaryl/α,β-unsaturated/α-hetero) is 1. The van der Waals surface area contributed by atoms with Gasteiger partial charge in [0.2, 0.25) is 0 Å². The molecule has 1 aliphatic heterocycles. The number of carbonyl (C=O) groups is 1. The largest absolute Gasteiger partial charge is 0.298 e. The van der Waals surface area contributed by atoms with Gasteiger partial charge in [0.25, 0.3) is 0 Å². The zero-order valence-corrected chi connectivity index (χ0v) is 11.0. The summed E-state index contributed by atoms with van der Waals surface area (Å²) in [6, 6.07) is 0. The van der Waals surface area contributed by atoms with Gasteiger partial charge in [0.05, 0.1) is 16.7 Å². The van der Waals surface area contributed by atoms with E-state index in [-0.39, 0.29) is 5.25 Å². The Labute approximate surface area is 102 Å². The fourth-order valence-corrected chi connectivity index (χ4v) is 4.94. The average Bonchev–Trinajstić information content (AvgIpc) is 2.71. The van der Waals surface area contributed by atoms with Crippen molar-refractivity contribution in [3.63, 3.8) is 0 Å². The number of rotatable bonds is 3. The molecule has 15 heavy (non-hydrogen) atoms. The first-order valence-electron chi connectivity index (χ1n) is 4.91. The fourth-order valence-electron chi connectivity index (χ4n) is 1.58. The minimum absolute atomic E-state index is 0.174. The second-order valence-corrected chi connectivity index (χ2v) is 7.15. The molecular weight excluding hydrogens is 246 g/mol. The third-order valence-electron chi connectivity index (χ3n) is 2.31. The van der Waals surface area contributed by atoms with E-state index >= 15 is 0 Å². The predicted octanol–water partition coefficient (Wildman–Crippen LogP) is 2.49. The number of hydrogen-bond acceptors (Lipinski definition) is 5. The Balaban J connectivity index is 1.95. The van der Waals surface area contributed by atoms with Gasteiger partial charge in [0, 0.05) is 28.3 Å². The van der Waals surface area contributed by atoms with Crippen LogP contribution < -0.4 is 0 Å². The molecule has 0 aliphatic carbocycles. The van der Waals surface area contributed by atoms with Crippen molar-refractivity contribution in [1.29, 1.82) is 0 Å². The lowest BCUT2D eigenvalue weighted by Crippen LogP contribution is -2.32. The highest BCUT2D eigenvalue weighted by Crippen LogP contribution is 2.32. The van der Waals surface area contributed by atoms with E-state index in [4.69, 9.17) is 0 Å². The molecule has 0 bridgehead atoms. The fraction of sp³-hybridized carbons (Fsp3) is 0.600. The summed E-state index contributed by atoms with van der Waals surface area (Å²) in [5, 5.41) is 3.50. The highest BCUT2D eigenvalue weighted by molar-refractivity contribution is 8.07. The lowest BCUT2D eigenvalue weighted by Gasteiger charge is -2.26. The molecule has 0 saturated carbocycles. The molecule has 0 aromatic carbocycles. The van der Waals surface area contributed by atoms with Crippen molar-refractivity contribution in [1.82, 2.24) is 4.98 Å². The zero-order chi connectivity index (χ0) is 10.7. The molecule has 1 saturated heterocycles. The Morgan fingerprint density at radius 2 is 2.33 bits per heavy atom. The van der Waals surface area contributed by atoms with Crippen LogP contribution in [0.15, 0.2) is 11.6 Å². The van der Waals surface area contributed by atoms with Crippen LogP contribution in [-0.4, -0.2) is 32.8 Å². The zero-order valence-electron chi connectivity index (χ0n) is 8.51. The molecule has 0 amide bonds. The van der Waals surface area contributed by atoms with Crippen LogP contribution in [0.25, 0.3) is 0 Å². The Hall–Kier alpha value is -0.0000000000000000833. The summed E-state index contributed by atoms with van der Waals surface area (Å²) in [5.41, 5.74) is 0. The minimum atomic E-state index is 0.174. The summed E-state index contributed by atoms with van der Waals surface area (Å²) >= 11 is 5.28. The summed E-state index contributed by atoms with van der Waals surface area (Å²) in [5.74, 6) is 2.62. The normalized spacial score (nSPS) is 26.5. The van der Waals surface area contributed by atoms with Crippen LogP contribution in [-0.2, 0) is 11.2 Å². The van der Waals surface area contributed by atoms with E-state index in [1.807, 2.05) is 28.9 Å². The molecule has 2 rings (SSSR count). The van der Waals surface area contributed by atoms with Crippen molar-refractivity contribution < 1.29 is 4.79 Å². The maximum absolute atomic E-state index is 12.0. The van der Waals surface area contributed by atoms with Crippen LogP contribution in [0, 0.1) is 0 Å². The molecule has 2 atom stereocenters. The molecule has 2 nitrogen and oxygen atoms in total. The molecule has 1 aromatic heterocycles. The summed E-state index contributed by atoms with van der Waals surface area (Å²) in [6.45, 7) is 2.15. The molecular formula is C10H13NOS3. The van der Waals surface area contributed by atoms with Crippen LogP contribution >= 0.6 is 34.9 Å². The monoisotopic (exact) mass is 259 g/mol. The van der Waals surface area contributed by atoms with Crippen LogP contribution in [0.1, 0.15) is 11.9 Å². The standard InChI is InChI=1S/C10H13NOS3/c1-7-10(15-5-4-13-7)8(12)6-9-11-2-3-14-9/h2-3,7,10H,4-6H2,1H3. The highest BCUT2D eigenvalue weighted by Gasteiger charge is 2.29. The van der Waals surface area contributed by atoms with Gasteiger partial charge in [-0.15, -0.1) is 23.1 Å². The number of thioether (sulfide) groups is 2. The number of ketones is 1. The Morgan fingerprint density at radius 1 is 1.53 bits per heavy atom. The van der Waals surface area contributed by atoms with E-state index in [9.17, 15) is 4.79 Å². The molecule has 82 valence electrons. The van der Waals surface area contributed by atoms with E-state index in [0.29, 0.717) is 17.5 Å². The number of thiazole rings is 1. The average molecular weight is 259 g/mol. The van der Waals surface area contributed by atoms with E-state index in [1.165, 1.54) is 5.75 Å². The topological polar surface area (TPSA) is 30.0 Å². The summed E-state index contributed by atoms with van der Waals surface area (Å²) in [7, 11) is 0. The molecule has 0 radical (unpaired) electrons. The Kier molecular flexibility index (Phi) is 4.11. The van der Waals surface area contributed by atoms with E-state index in [1.54, 1.807) is 17.5 Å². The van der Waals surface area contributed by atoms with Crippen molar-refractivity contribution in [3.8, 4) is 0 Å². The van der Waals surface area contributed by atoms with Crippen LogP contribution in [0.3, 0.4) is 0 Å². The SMILES string of the molecule is CC1SCCSC1C(=O)Cc1nccs1. The molecule has 2 unspecified atom stereocenters. The molecule has 0 N–H and O–H groups in total. The third-order valence-corrected chi connectivity index (χ3v) is 6.23. The smallest absolute Gasteiger partial charge is 0.153 e. The van der Waals surface area contributed by atoms with Gasteiger partial charge < -0.3 is 0 Å². The van der Waals surface area contributed by atoms with Crippen molar-refractivity contribution in [3.05, 3.63) is 16.6 Å². The van der Waals surface area contributed by atoms with Gasteiger partial charge in [0.15, 0.2) is 5.78 Å². The van der Waals surface area contributed by atoms with E-state index in [2.05, 4.69) is 11.9 Å². The molecule has 1 fully saturated rings. The van der Waals surface area contributed by atoms with Gasteiger partial charge in [-0.25, -0.2) is 4.98 Å². The first-order valence-corrected chi connectivity index (χ1v) is 7.89. The summed E-state index contributed by atoms with van der Waals surface area (Å²) in [6.07, 6.45) is 2.28. The van der Waals surface area contributed by atoms with Gasteiger partial charge in [0.1, 0.15) is 0 Å². The number of aromatic nitrogens is 1. The number of carbonyl (C=O) groups excluding carboxylic acids is 1. The predicted molar refractivity (Wildman–Crippen MR) is 69.0 cm³/mol. The lowest BCUT2D eigenvalue weighted by molar-refractivity contribution is -0.117. The minimum Gasteiger partial charge on any atom is -0.298 e. The molecule has 2 heterocycles. The molecule has 1 aliphatic rings. The summed E-state index contributed by atoms with van der Waals surface area (Å²) in [4.78, 5) is 16.2. The van der Waals surface area contributed by atoms with Crippen LogP contribution in [0.4, 0.5) is 0 Å².